The Morgan fingerprint density at radius 3 is 2.30 bits per heavy atom. The van der Waals surface area contributed by atoms with E-state index in [0.717, 1.165) is 48.3 Å². The van der Waals surface area contributed by atoms with Gasteiger partial charge in [-0.2, -0.15) is 0 Å². The zero-order valence-electron chi connectivity index (χ0n) is 18.1. The Morgan fingerprint density at radius 1 is 0.741 bits per heavy atom. The van der Waals surface area contributed by atoms with Gasteiger partial charge < -0.3 is 5.11 Å². The van der Waals surface area contributed by atoms with E-state index in [1.54, 1.807) is 0 Å². The van der Waals surface area contributed by atoms with E-state index in [4.69, 9.17) is 0 Å². The van der Waals surface area contributed by atoms with Crippen LogP contribution in [0.2, 0.25) is 0 Å². The number of rotatable bonds is 5. The molecule has 5 rings (SSSR count). The molecule has 0 aromatic carbocycles. The molecule has 27 heavy (non-hydrogen) atoms. The average molecular weight is 373 g/mol. The van der Waals surface area contributed by atoms with Crippen LogP contribution in [-0.4, -0.2) is 11.2 Å². The molecule has 0 radical (unpaired) electrons. The van der Waals surface area contributed by atoms with Crippen molar-refractivity contribution in [1.82, 2.24) is 0 Å². The Labute approximate surface area is 168 Å². The maximum absolute atomic E-state index is 10.2. The van der Waals surface area contributed by atoms with E-state index in [2.05, 4.69) is 13.8 Å². The van der Waals surface area contributed by atoms with E-state index in [1.165, 1.54) is 83.5 Å². The van der Waals surface area contributed by atoms with Gasteiger partial charge in [-0.05, 0) is 111 Å². The Kier molecular flexibility index (Phi) is 4.94. The van der Waals surface area contributed by atoms with Crippen molar-refractivity contribution in [3.63, 3.8) is 0 Å². The molecule has 8 atom stereocenters. The van der Waals surface area contributed by atoms with Crippen LogP contribution in [0.5, 0.6) is 0 Å². The van der Waals surface area contributed by atoms with E-state index in [1.807, 2.05) is 0 Å². The predicted molar refractivity (Wildman–Crippen MR) is 112 cm³/mol. The van der Waals surface area contributed by atoms with E-state index >= 15 is 0 Å². The first-order valence-corrected chi connectivity index (χ1v) is 12.7. The normalized spacial score (nSPS) is 52.1. The molecule has 0 heterocycles. The molecular formula is C26H44O. The molecule has 1 N–H and O–H groups in total. The summed E-state index contributed by atoms with van der Waals surface area (Å²) < 4.78 is 0. The van der Waals surface area contributed by atoms with Crippen molar-refractivity contribution < 1.29 is 5.11 Å². The first kappa shape index (κ1) is 19.0. The lowest BCUT2D eigenvalue weighted by Crippen LogP contribution is -2.53. The van der Waals surface area contributed by atoms with Crippen molar-refractivity contribution in [3.05, 3.63) is 0 Å². The van der Waals surface area contributed by atoms with Crippen molar-refractivity contribution in [2.45, 2.75) is 116 Å². The second-order valence-corrected chi connectivity index (χ2v) is 12.1. The number of aliphatic hydroxyl groups excluding tert-OH is 1. The second-order valence-electron chi connectivity index (χ2n) is 12.1. The SMILES string of the molecule is CC12CC[C@H](O)CC1CCC1C2CCC2(C)C1CC[C@@H]2CCCCC1CC1. The minimum absolute atomic E-state index is 0.0000172. The second kappa shape index (κ2) is 7.03. The molecule has 154 valence electrons. The number of fused-ring (bicyclic) bond motifs is 5. The fourth-order valence-electron chi connectivity index (χ4n) is 9.05. The Balaban J connectivity index is 1.25. The first-order chi connectivity index (χ1) is 13.0. The van der Waals surface area contributed by atoms with E-state index in [0.29, 0.717) is 10.8 Å². The highest BCUT2D eigenvalue weighted by Crippen LogP contribution is 2.67. The van der Waals surface area contributed by atoms with Crippen LogP contribution in [0.4, 0.5) is 0 Å². The van der Waals surface area contributed by atoms with Crippen LogP contribution in [0.3, 0.4) is 0 Å². The molecule has 1 heteroatoms. The lowest BCUT2D eigenvalue weighted by molar-refractivity contribution is -0.127. The number of aliphatic hydroxyl groups is 1. The molecule has 0 aliphatic heterocycles. The highest BCUT2D eigenvalue weighted by molar-refractivity contribution is 5.09. The van der Waals surface area contributed by atoms with Gasteiger partial charge in [-0.15, -0.1) is 0 Å². The lowest BCUT2D eigenvalue weighted by Gasteiger charge is -2.61. The minimum atomic E-state index is -0.0000172. The van der Waals surface area contributed by atoms with E-state index in [9.17, 15) is 5.11 Å². The number of unbranched alkanes of at least 4 members (excludes halogenated alkanes) is 1. The van der Waals surface area contributed by atoms with Gasteiger partial charge in [0.05, 0.1) is 6.10 Å². The number of hydrogen-bond donors (Lipinski definition) is 1. The van der Waals surface area contributed by atoms with E-state index < -0.39 is 0 Å². The lowest BCUT2D eigenvalue weighted by atomic mass is 9.44. The summed E-state index contributed by atoms with van der Waals surface area (Å²) in [5.41, 5.74) is 1.21. The molecule has 0 aromatic rings. The highest BCUT2D eigenvalue weighted by atomic mass is 16.3. The van der Waals surface area contributed by atoms with Crippen molar-refractivity contribution in [3.8, 4) is 0 Å². The monoisotopic (exact) mass is 372 g/mol. The molecule has 0 saturated heterocycles. The molecule has 5 aliphatic carbocycles. The maximum atomic E-state index is 10.2. The predicted octanol–water partition coefficient (Wildman–Crippen LogP) is 6.98. The molecule has 0 spiro atoms. The summed E-state index contributed by atoms with van der Waals surface area (Å²) in [6.45, 7) is 5.35. The van der Waals surface area contributed by atoms with Gasteiger partial charge in [-0.1, -0.05) is 46.0 Å². The molecule has 6 unspecified atom stereocenters. The Bertz CT molecular complexity index is 538. The van der Waals surface area contributed by atoms with Gasteiger partial charge in [0.1, 0.15) is 0 Å². The van der Waals surface area contributed by atoms with Gasteiger partial charge in [0.2, 0.25) is 0 Å². The standard InChI is InChI=1S/C26H44O/c1-25-16-14-24-22(11-9-20-17-21(27)13-15-26(20,24)2)23(25)12-10-19(25)6-4-3-5-18-7-8-18/h18-24,27H,3-17H2,1-2H3/t19-,20?,21-,22?,23?,24?,25?,26?/m0/s1. The van der Waals surface area contributed by atoms with Crippen LogP contribution in [0.1, 0.15) is 110 Å². The van der Waals surface area contributed by atoms with E-state index in [-0.39, 0.29) is 6.10 Å². The molecule has 0 bridgehead atoms. The first-order valence-electron chi connectivity index (χ1n) is 12.7. The largest absolute Gasteiger partial charge is 0.393 e. The van der Waals surface area contributed by atoms with Gasteiger partial charge in [-0.25, -0.2) is 0 Å². The molecule has 5 fully saturated rings. The smallest absolute Gasteiger partial charge is 0.0543 e. The van der Waals surface area contributed by atoms with Gasteiger partial charge in [0, 0.05) is 0 Å². The summed E-state index contributed by atoms with van der Waals surface area (Å²) in [6.07, 6.45) is 21.6. The fourth-order valence-corrected chi connectivity index (χ4v) is 9.05. The Hall–Kier alpha value is -0.0400. The summed E-state index contributed by atoms with van der Waals surface area (Å²) in [4.78, 5) is 0. The fraction of sp³-hybridized carbons (Fsp3) is 1.00. The third-order valence-corrected chi connectivity index (χ3v) is 10.9. The van der Waals surface area contributed by atoms with Crippen molar-refractivity contribution in [2.75, 3.05) is 0 Å². The topological polar surface area (TPSA) is 20.2 Å². The van der Waals surface area contributed by atoms with Crippen molar-refractivity contribution >= 4 is 0 Å². The minimum Gasteiger partial charge on any atom is -0.393 e. The molecule has 5 saturated carbocycles. The van der Waals surface area contributed by atoms with Gasteiger partial charge in [0.25, 0.3) is 0 Å². The van der Waals surface area contributed by atoms with Crippen LogP contribution < -0.4 is 0 Å². The molecule has 0 amide bonds. The van der Waals surface area contributed by atoms with Crippen molar-refractivity contribution in [2.24, 2.45) is 46.3 Å². The molecule has 5 aliphatic rings. The zero-order chi connectivity index (χ0) is 18.6. The third-order valence-electron chi connectivity index (χ3n) is 10.9. The molecule has 0 aromatic heterocycles. The third kappa shape index (κ3) is 3.23. The van der Waals surface area contributed by atoms with Crippen LogP contribution >= 0.6 is 0 Å². The van der Waals surface area contributed by atoms with Crippen molar-refractivity contribution in [1.29, 1.82) is 0 Å². The van der Waals surface area contributed by atoms with Crippen LogP contribution in [0.15, 0.2) is 0 Å². The summed E-state index contributed by atoms with van der Waals surface area (Å²) in [7, 11) is 0. The summed E-state index contributed by atoms with van der Waals surface area (Å²) in [6, 6.07) is 0. The van der Waals surface area contributed by atoms with Crippen LogP contribution in [-0.2, 0) is 0 Å². The maximum Gasteiger partial charge on any atom is 0.0543 e. The highest BCUT2D eigenvalue weighted by Gasteiger charge is 2.59. The van der Waals surface area contributed by atoms with Gasteiger partial charge >= 0.3 is 0 Å². The summed E-state index contributed by atoms with van der Waals surface area (Å²) in [5, 5.41) is 10.2. The quantitative estimate of drug-likeness (QED) is 0.516. The number of hydrogen-bond acceptors (Lipinski definition) is 1. The zero-order valence-corrected chi connectivity index (χ0v) is 18.1. The molecule has 1 nitrogen and oxygen atoms in total. The Morgan fingerprint density at radius 2 is 1.48 bits per heavy atom. The van der Waals surface area contributed by atoms with Gasteiger partial charge in [-0.3, -0.25) is 0 Å². The van der Waals surface area contributed by atoms with Crippen LogP contribution in [0, 0.1) is 46.3 Å². The molecular weight excluding hydrogens is 328 g/mol. The average Bonchev–Trinajstić information content (AvgIpc) is 3.41. The summed E-state index contributed by atoms with van der Waals surface area (Å²) >= 11 is 0. The summed E-state index contributed by atoms with van der Waals surface area (Å²) in [5.74, 6) is 5.96. The van der Waals surface area contributed by atoms with Crippen LogP contribution in [0.25, 0.3) is 0 Å². The van der Waals surface area contributed by atoms with Gasteiger partial charge in [0.15, 0.2) is 0 Å².